The Kier molecular flexibility index (Phi) is 7.55. The molecule has 1 amide bonds. The van der Waals surface area contributed by atoms with Crippen LogP contribution in [-0.2, 0) is 13.0 Å². The van der Waals surface area contributed by atoms with Crippen LogP contribution in [-0.4, -0.2) is 23.5 Å². The summed E-state index contributed by atoms with van der Waals surface area (Å²) in [5, 5.41) is 6.06. The zero-order valence-corrected chi connectivity index (χ0v) is 17.3. The van der Waals surface area contributed by atoms with Crippen LogP contribution in [0.5, 0.6) is 5.75 Å². The Labute approximate surface area is 177 Å². The first-order chi connectivity index (χ1) is 14.7. The third kappa shape index (κ3) is 6.17. The molecule has 0 aliphatic rings. The number of hydrogen-bond acceptors (Lipinski definition) is 4. The summed E-state index contributed by atoms with van der Waals surface area (Å²) >= 11 is 0. The molecule has 3 rings (SSSR count). The van der Waals surface area contributed by atoms with E-state index in [-0.39, 0.29) is 5.91 Å². The van der Waals surface area contributed by atoms with Gasteiger partial charge in [0, 0.05) is 17.4 Å². The van der Waals surface area contributed by atoms with Gasteiger partial charge >= 0.3 is 0 Å². The van der Waals surface area contributed by atoms with Crippen LogP contribution in [0.4, 0.5) is 5.69 Å². The average molecular weight is 402 g/mol. The van der Waals surface area contributed by atoms with Gasteiger partial charge in [0.1, 0.15) is 5.75 Å². The summed E-state index contributed by atoms with van der Waals surface area (Å²) in [5.41, 5.74) is 3.42. The molecule has 30 heavy (non-hydrogen) atoms. The first-order valence-electron chi connectivity index (χ1n) is 10.0. The summed E-state index contributed by atoms with van der Waals surface area (Å²) < 4.78 is 5.43. The molecule has 0 spiro atoms. The van der Waals surface area contributed by atoms with Crippen molar-refractivity contribution in [2.75, 3.05) is 11.9 Å². The summed E-state index contributed by atoms with van der Waals surface area (Å²) in [6.07, 6.45) is 2.69. The molecular formula is C24H26N4O2. The van der Waals surface area contributed by atoms with E-state index in [4.69, 9.17) is 4.74 Å². The van der Waals surface area contributed by atoms with Gasteiger partial charge in [-0.2, -0.15) is 0 Å². The number of carbonyl (C=O) groups excluding carboxylic acids is 1. The number of benzene rings is 2. The number of amides is 1. The first-order valence-corrected chi connectivity index (χ1v) is 10.0. The Balaban J connectivity index is 1.75. The van der Waals surface area contributed by atoms with Crippen molar-refractivity contribution < 1.29 is 9.53 Å². The molecule has 6 heteroatoms. The Bertz CT molecular complexity index is 968. The van der Waals surface area contributed by atoms with E-state index >= 15 is 0 Å². The van der Waals surface area contributed by atoms with Crippen LogP contribution in [0.2, 0.25) is 0 Å². The maximum Gasteiger partial charge on any atom is 0.257 e. The normalized spacial score (nSPS) is 11.1. The van der Waals surface area contributed by atoms with Crippen molar-refractivity contribution >= 4 is 17.6 Å². The first kappa shape index (κ1) is 21.0. The highest BCUT2D eigenvalue weighted by Gasteiger charge is 2.10. The second-order valence-corrected chi connectivity index (χ2v) is 6.57. The lowest BCUT2D eigenvalue weighted by molar-refractivity contribution is 0.0977. The molecule has 6 nitrogen and oxygen atoms in total. The lowest BCUT2D eigenvalue weighted by atomic mass is 10.1. The Morgan fingerprint density at radius 3 is 2.40 bits per heavy atom. The van der Waals surface area contributed by atoms with Crippen molar-refractivity contribution in [3.8, 4) is 5.75 Å². The molecule has 2 aromatic carbocycles. The fourth-order valence-corrected chi connectivity index (χ4v) is 2.77. The highest BCUT2D eigenvalue weighted by Crippen LogP contribution is 2.13. The van der Waals surface area contributed by atoms with Crippen LogP contribution in [0.3, 0.4) is 0 Å². The van der Waals surface area contributed by atoms with Gasteiger partial charge in [-0.1, -0.05) is 25.1 Å². The van der Waals surface area contributed by atoms with Crippen LogP contribution in [0.25, 0.3) is 0 Å². The number of carbonyl (C=O) groups is 1. The summed E-state index contributed by atoms with van der Waals surface area (Å²) in [4.78, 5) is 21.6. The molecule has 0 unspecified atom stereocenters. The van der Waals surface area contributed by atoms with Gasteiger partial charge in [0.25, 0.3) is 5.91 Å². The van der Waals surface area contributed by atoms with E-state index in [2.05, 4.69) is 27.5 Å². The fraction of sp³-hybridized carbons (Fsp3) is 0.208. The largest absolute Gasteiger partial charge is 0.494 e. The third-order valence-electron chi connectivity index (χ3n) is 4.41. The molecule has 0 aliphatic carbocycles. The van der Waals surface area contributed by atoms with Crippen molar-refractivity contribution in [1.29, 1.82) is 0 Å². The zero-order valence-electron chi connectivity index (χ0n) is 17.3. The SMILES string of the molecule is CCOc1ccc(C(=O)NC(=NCc2ccccn2)Nc2ccc(CC)cc2)cc1. The molecule has 0 fully saturated rings. The molecule has 0 radical (unpaired) electrons. The maximum absolute atomic E-state index is 12.7. The van der Waals surface area contributed by atoms with Gasteiger partial charge < -0.3 is 10.1 Å². The van der Waals surface area contributed by atoms with E-state index in [0.29, 0.717) is 24.7 Å². The number of guanidine groups is 1. The second kappa shape index (κ2) is 10.8. The number of ether oxygens (including phenoxy) is 1. The lowest BCUT2D eigenvalue weighted by Crippen LogP contribution is -2.36. The maximum atomic E-state index is 12.7. The van der Waals surface area contributed by atoms with Gasteiger partial charge in [0.15, 0.2) is 0 Å². The van der Waals surface area contributed by atoms with Crippen molar-refractivity contribution in [3.05, 3.63) is 89.7 Å². The van der Waals surface area contributed by atoms with E-state index in [9.17, 15) is 4.79 Å². The van der Waals surface area contributed by atoms with E-state index < -0.39 is 0 Å². The predicted molar refractivity (Wildman–Crippen MR) is 120 cm³/mol. The molecule has 0 saturated heterocycles. The van der Waals surface area contributed by atoms with Gasteiger partial charge in [0.05, 0.1) is 18.8 Å². The quantitative estimate of drug-likeness (QED) is 0.452. The van der Waals surface area contributed by atoms with E-state index in [1.807, 2.05) is 49.4 Å². The van der Waals surface area contributed by atoms with Crippen LogP contribution in [0, 0.1) is 0 Å². The molecule has 154 valence electrons. The summed E-state index contributed by atoms with van der Waals surface area (Å²) in [7, 11) is 0. The van der Waals surface area contributed by atoms with Crippen molar-refractivity contribution in [3.63, 3.8) is 0 Å². The van der Waals surface area contributed by atoms with E-state index in [0.717, 1.165) is 23.6 Å². The molecule has 1 heterocycles. The molecule has 1 aromatic heterocycles. The highest BCUT2D eigenvalue weighted by molar-refractivity contribution is 6.09. The van der Waals surface area contributed by atoms with Gasteiger partial charge in [-0.05, 0) is 67.4 Å². The topological polar surface area (TPSA) is 75.6 Å². The Morgan fingerprint density at radius 1 is 1.00 bits per heavy atom. The number of anilines is 1. The number of rotatable bonds is 7. The smallest absolute Gasteiger partial charge is 0.257 e. The summed E-state index contributed by atoms with van der Waals surface area (Å²) in [5.74, 6) is 0.839. The molecule has 0 atom stereocenters. The molecule has 3 aromatic rings. The van der Waals surface area contributed by atoms with Gasteiger partial charge in [-0.15, -0.1) is 0 Å². The number of pyridine rings is 1. The van der Waals surface area contributed by atoms with Crippen LogP contribution < -0.4 is 15.4 Å². The second-order valence-electron chi connectivity index (χ2n) is 6.57. The van der Waals surface area contributed by atoms with Crippen LogP contribution in [0.1, 0.15) is 35.5 Å². The lowest BCUT2D eigenvalue weighted by Gasteiger charge is -2.12. The monoisotopic (exact) mass is 402 g/mol. The number of aryl methyl sites for hydroxylation is 1. The number of hydrogen-bond donors (Lipinski definition) is 2. The summed E-state index contributed by atoms with van der Waals surface area (Å²) in [6, 6.07) is 20.7. The highest BCUT2D eigenvalue weighted by atomic mass is 16.5. The van der Waals surface area contributed by atoms with Crippen molar-refractivity contribution in [1.82, 2.24) is 10.3 Å². The fourth-order valence-electron chi connectivity index (χ4n) is 2.77. The van der Waals surface area contributed by atoms with Crippen LogP contribution in [0.15, 0.2) is 77.9 Å². The number of nitrogens with zero attached hydrogens (tertiary/aromatic N) is 2. The molecule has 0 aliphatic heterocycles. The Morgan fingerprint density at radius 2 is 1.77 bits per heavy atom. The number of aromatic nitrogens is 1. The number of nitrogens with one attached hydrogen (secondary N) is 2. The minimum Gasteiger partial charge on any atom is -0.494 e. The molecule has 0 saturated carbocycles. The van der Waals surface area contributed by atoms with Crippen molar-refractivity contribution in [2.24, 2.45) is 4.99 Å². The van der Waals surface area contributed by atoms with Gasteiger partial charge in [-0.25, -0.2) is 4.99 Å². The van der Waals surface area contributed by atoms with Crippen molar-refractivity contribution in [2.45, 2.75) is 26.8 Å². The average Bonchev–Trinajstić information content (AvgIpc) is 2.79. The molecular weight excluding hydrogens is 376 g/mol. The minimum absolute atomic E-state index is 0.254. The van der Waals surface area contributed by atoms with Crippen LogP contribution >= 0.6 is 0 Å². The van der Waals surface area contributed by atoms with E-state index in [1.54, 1.807) is 30.5 Å². The van der Waals surface area contributed by atoms with Gasteiger partial charge in [-0.3, -0.25) is 15.1 Å². The van der Waals surface area contributed by atoms with Gasteiger partial charge in [0.2, 0.25) is 5.96 Å². The van der Waals surface area contributed by atoms with E-state index in [1.165, 1.54) is 5.56 Å². The standard InChI is InChI=1S/C24H26N4O2/c1-3-18-8-12-20(13-9-18)27-24(26-17-21-7-5-6-16-25-21)28-23(29)19-10-14-22(15-11-19)30-4-2/h5-16H,3-4,17H2,1-2H3,(H2,26,27,28,29). The number of aliphatic imine (C=N–C) groups is 1. The third-order valence-corrected chi connectivity index (χ3v) is 4.41. The Hall–Kier alpha value is -3.67. The zero-order chi connectivity index (χ0) is 21.2. The summed E-state index contributed by atoms with van der Waals surface area (Å²) in [6.45, 7) is 4.96. The molecule has 2 N–H and O–H groups in total. The minimum atomic E-state index is -0.254. The molecule has 0 bridgehead atoms. The predicted octanol–water partition coefficient (Wildman–Crippen LogP) is 4.44.